The van der Waals surface area contributed by atoms with Crippen LogP contribution in [0.5, 0.6) is 0 Å². The molecule has 2 N–H and O–H groups in total. The summed E-state index contributed by atoms with van der Waals surface area (Å²) in [7, 11) is 0. The van der Waals surface area contributed by atoms with Crippen LogP contribution in [0.25, 0.3) is 0 Å². The highest BCUT2D eigenvalue weighted by Gasteiger charge is 2.53. The standard InChI is InChI=1S/C20H24N4O3/c21-16(25)13-17-22-19(15-12-18(26)27-20(15)9-4-5-10-20)24(23-17)11-8-14-6-2-1-3-7-14/h1-3,6-7,15H,4-5,8-13H2,(H2,21,25). The van der Waals surface area contributed by atoms with E-state index in [9.17, 15) is 9.59 Å². The van der Waals surface area contributed by atoms with Crippen LogP contribution in [0.15, 0.2) is 30.3 Å². The first kappa shape index (κ1) is 17.7. The Morgan fingerprint density at radius 3 is 2.70 bits per heavy atom. The molecule has 1 aliphatic carbocycles. The van der Waals surface area contributed by atoms with Crippen LogP contribution in [0.4, 0.5) is 0 Å². The minimum atomic E-state index is -0.462. The Labute approximate surface area is 157 Å². The van der Waals surface area contributed by atoms with E-state index in [2.05, 4.69) is 22.2 Å². The molecule has 1 saturated carbocycles. The Morgan fingerprint density at radius 2 is 2.00 bits per heavy atom. The molecule has 2 aromatic rings. The monoisotopic (exact) mass is 368 g/mol. The molecule has 1 aromatic carbocycles. The molecule has 1 spiro atoms. The molecule has 2 fully saturated rings. The molecule has 142 valence electrons. The molecule has 0 radical (unpaired) electrons. The molecule has 1 aliphatic heterocycles. The number of hydrogen-bond donors (Lipinski definition) is 1. The zero-order chi connectivity index (χ0) is 18.9. The Morgan fingerprint density at radius 1 is 1.26 bits per heavy atom. The molecule has 1 aromatic heterocycles. The van der Waals surface area contributed by atoms with Crippen molar-refractivity contribution >= 4 is 11.9 Å². The SMILES string of the molecule is NC(=O)Cc1nc(C2CC(=O)OC23CCCC3)n(CCc2ccccc2)n1. The van der Waals surface area contributed by atoms with Gasteiger partial charge >= 0.3 is 5.97 Å². The van der Waals surface area contributed by atoms with Crippen molar-refractivity contribution in [1.82, 2.24) is 14.8 Å². The number of carbonyl (C=O) groups is 2. The lowest BCUT2D eigenvalue weighted by Gasteiger charge is -2.28. The lowest BCUT2D eigenvalue weighted by molar-refractivity contribution is -0.148. The summed E-state index contributed by atoms with van der Waals surface area (Å²) >= 11 is 0. The van der Waals surface area contributed by atoms with E-state index in [0.29, 0.717) is 18.8 Å². The van der Waals surface area contributed by atoms with Gasteiger partial charge in [0, 0.05) is 6.54 Å². The molecule has 7 nitrogen and oxygen atoms in total. The Balaban J connectivity index is 1.64. The molecular formula is C20H24N4O3. The number of benzene rings is 1. The van der Waals surface area contributed by atoms with E-state index >= 15 is 0 Å². The van der Waals surface area contributed by atoms with Gasteiger partial charge in [-0.2, -0.15) is 5.10 Å². The van der Waals surface area contributed by atoms with Crippen LogP contribution < -0.4 is 5.73 Å². The predicted octanol–water partition coefficient (Wildman–Crippen LogP) is 1.89. The maximum Gasteiger partial charge on any atom is 0.307 e. The lowest BCUT2D eigenvalue weighted by atomic mass is 9.85. The Bertz CT molecular complexity index is 840. The van der Waals surface area contributed by atoms with Crippen molar-refractivity contribution < 1.29 is 14.3 Å². The van der Waals surface area contributed by atoms with Gasteiger partial charge in [-0.25, -0.2) is 9.67 Å². The van der Waals surface area contributed by atoms with E-state index < -0.39 is 11.5 Å². The van der Waals surface area contributed by atoms with Crippen LogP contribution in [0.1, 0.15) is 55.2 Å². The highest BCUT2D eigenvalue weighted by molar-refractivity contribution is 5.76. The minimum Gasteiger partial charge on any atom is -0.458 e. The first-order valence-electron chi connectivity index (χ1n) is 9.53. The number of rotatable bonds is 6. The lowest BCUT2D eigenvalue weighted by Crippen LogP contribution is -2.32. The van der Waals surface area contributed by atoms with Gasteiger partial charge in [0.25, 0.3) is 0 Å². The number of aromatic nitrogens is 3. The van der Waals surface area contributed by atoms with Crippen LogP contribution in [-0.4, -0.2) is 32.2 Å². The van der Waals surface area contributed by atoms with Gasteiger partial charge < -0.3 is 10.5 Å². The number of nitrogens with two attached hydrogens (primary N) is 1. The van der Waals surface area contributed by atoms with E-state index in [-0.39, 0.29) is 18.3 Å². The van der Waals surface area contributed by atoms with Crippen LogP contribution in [-0.2, 0) is 33.7 Å². The van der Waals surface area contributed by atoms with Crippen molar-refractivity contribution in [2.75, 3.05) is 0 Å². The quantitative estimate of drug-likeness (QED) is 0.785. The fourth-order valence-electron chi connectivity index (χ4n) is 4.38. The van der Waals surface area contributed by atoms with Gasteiger partial charge in [-0.05, 0) is 37.7 Å². The van der Waals surface area contributed by atoms with Crippen molar-refractivity contribution in [3.05, 3.63) is 47.5 Å². The number of amides is 1. The first-order valence-corrected chi connectivity index (χ1v) is 9.53. The van der Waals surface area contributed by atoms with Crippen LogP contribution in [0.3, 0.4) is 0 Å². The fourth-order valence-corrected chi connectivity index (χ4v) is 4.38. The molecular weight excluding hydrogens is 344 g/mol. The van der Waals surface area contributed by atoms with E-state index in [0.717, 1.165) is 37.9 Å². The third-order valence-electron chi connectivity index (χ3n) is 5.62. The minimum absolute atomic E-state index is 0.000138. The highest BCUT2D eigenvalue weighted by atomic mass is 16.6. The number of carbonyl (C=O) groups excluding carboxylic acids is 2. The van der Waals surface area contributed by atoms with E-state index in [1.54, 1.807) is 0 Å². The van der Waals surface area contributed by atoms with Crippen molar-refractivity contribution in [2.45, 2.75) is 63.0 Å². The second-order valence-electron chi connectivity index (χ2n) is 7.49. The average Bonchev–Trinajstić information content (AvgIpc) is 3.33. The molecule has 1 atom stereocenters. The Hall–Kier alpha value is -2.70. The maximum absolute atomic E-state index is 12.1. The zero-order valence-corrected chi connectivity index (χ0v) is 15.3. The van der Waals surface area contributed by atoms with E-state index in [1.165, 1.54) is 5.56 Å². The molecule has 2 heterocycles. The third-order valence-corrected chi connectivity index (χ3v) is 5.62. The summed E-state index contributed by atoms with van der Waals surface area (Å²) in [6.45, 7) is 0.631. The van der Waals surface area contributed by atoms with Gasteiger partial charge in [0.05, 0.1) is 18.8 Å². The van der Waals surface area contributed by atoms with Gasteiger partial charge in [-0.1, -0.05) is 30.3 Å². The molecule has 27 heavy (non-hydrogen) atoms. The van der Waals surface area contributed by atoms with Gasteiger partial charge in [0.1, 0.15) is 11.4 Å². The van der Waals surface area contributed by atoms with Crippen LogP contribution in [0.2, 0.25) is 0 Å². The predicted molar refractivity (Wildman–Crippen MR) is 97.7 cm³/mol. The normalized spacial score (nSPS) is 20.9. The Kier molecular flexibility index (Phi) is 4.68. The molecule has 0 bridgehead atoms. The maximum atomic E-state index is 12.1. The highest BCUT2D eigenvalue weighted by Crippen LogP contribution is 2.49. The second kappa shape index (κ2) is 7.13. The fraction of sp³-hybridized carbons (Fsp3) is 0.500. The summed E-state index contributed by atoms with van der Waals surface area (Å²) in [6, 6.07) is 10.1. The number of aryl methyl sites for hydroxylation is 2. The molecule has 4 rings (SSSR count). The molecule has 1 unspecified atom stereocenters. The largest absolute Gasteiger partial charge is 0.458 e. The molecule has 1 saturated heterocycles. The summed E-state index contributed by atoms with van der Waals surface area (Å²) in [5, 5.41) is 4.53. The smallest absolute Gasteiger partial charge is 0.307 e. The van der Waals surface area contributed by atoms with Crippen molar-refractivity contribution in [1.29, 1.82) is 0 Å². The summed E-state index contributed by atoms with van der Waals surface area (Å²) in [4.78, 5) is 28.1. The zero-order valence-electron chi connectivity index (χ0n) is 15.3. The second-order valence-corrected chi connectivity index (χ2v) is 7.49. The van der Waals surface area contributed by atoms with Crippen molar-refractivity contribution in [3.63, 3.8) is 0 Å². The number of nitrogens with zero attached hydrogens (tertiary/aromatic N) is 3. The van der Waals surface area contributed by atoms with Crippen molar-refractivity contribution in [2.24, 2.45) is 5.73 Å². The number of primary amides is 1. The summed E-state index contributed by atoms with van der Waals surface area (Å²) in [5.74, 6) is 0.414. The van der Waals surface area contributed by atoms with Gasteiger partial charge in [0.15, 0.2) is 5.82 Å². The number of esters is 1. The van der Waals surface area contributed by atoms with Gasteiger partial charge in [-0.15, -0.1) is 0 Å². The first-order chi connectivity index (χ1) is 13.1. The van der Waals surface area contributed by atoms with E-state index in [4.69, 9.17) is 10.5 Å². The molecule has 2 aliphatic rings. The topological polar surface area (TPSA) is 100 Å². The average molecular weight is 368 g/mol. The summed E-state index contributed by atoms with van der Waals surface area (Å²) < 4.78 is 7.62. The summed E-state index contributed by atoms with van der Waals surface area (Å²) in [5.41, 5.74) is 6.07. The van der Waals surface area contributed by atoms with Crippen LogP contribution >= 0.6 is 0 Å². The van der Waals surface area contributed by atoms with Gasteiger partial charge in [0.2, 0.25) is 5.91 Å². The number of ether oxygens (including phenoxy) is 1. The number of hydrogen-bond acceptors (Lipinski definition) is 5. The molecule has 7 heteroatoms. The van der Waals surface area contributed by atoms with Crippen molar-refractivity contribution in [3.8, 4) is 0 Å². The molecule has 1 amide bonds. The van der Waals surface area contributed by atoms with Gasteiger partial charge in [-0.3, -0.25) is 9.59 Å². The summed E-state index contributed by atoms with van der Waals surface area (Å²) in [6.07, 6.45) is 4.94. The third kappa shape index (κ3) is 3.59. The van der Waals surface area contributed by atoms with E-state index in [1.807, 2.05) is 22.9 Å². The van der Waals surface area contributed by atoms with Crippen LogP contribution in [0, 0.1) is 0 Å².